The summed E-state index contributed by atoms with van der Waals surface area (Å²) >= 11 is 4.06. The highest BCUT2D eigenvalue weighted by molar-refractivity contribution is 9.10. The molecule has 0 aliphatic heterocycles. The standard InChI is InChI=1S/C17H11BrN4O4S2/c1-28(24,25)17-21-16(27-22-17)20-15(23)11(9-19)8-13-6-7-14(26-13)10-2-4-12(18)5-3-10/h2-8H,1H3,(H,20,21,22,23)/b11-8-. The quantitative estimate of drug-likeness (QED) is 0.438. The molecule has 0 radical (unpaired) electrons. The smallest absolute Gasteiger partial charge is 0.268 e. The molecule has 1 amide bonds. The van der Waals surface area contributed by atoms with Gasteiger partial charge in [0.25, 0.3) is 11.1 Å². The first-order valence-corrected chi connectivity index (χ1v) is 11.0. The molecule has 0 aliphatic carbocycles. The van der Waals surface area contributed by atoms with Crippen molar-refractivity contribution in [1.82, 2.24) is 9.36 Å². The Labute approximate surface area is 172 Å². The molecule has 11 heteroatoms. The van der Waals surface area contributed by atoms with Crippen LogP contribution in [0.2, 0.25) is 0 Å². The highest BCUT2D eigenvalue weighted by Gasteiger charge is 2.18. The number of rotatable bonds is 5. The Kier molecular flexibility index (Phi) is 5.73. The first kappa shape index (κ1) is 19.9. The van der Waals surface area contributed by atoms with Crippen molar-refractivity contribution >= 4 is 54.4 Å². The third-order valence-electron chi connectivity index (χ3n) is 3.37. The van der Waals surface area contributed by atoms with Crippen molar-refractivity contribution in [3.05, 3.63) is 52.2 Å². The number of nitriles is 1. The molecule has 1 N–H and O–H groups in total. The summed E-state index contributed by atoms with van der Waals surface area (Å²) in [5.74, 6) is 0.150. The summed E-state index contributed by atoms with van der Waals surface area (Å²) in [7, 11) is -3.58. The number of hydrogen-bond donors (Lipinski definition) is 1. The Morgan fingerprint density at radius 2 is 2.00 bits per heavy atom. The molecule has 0 fully saturated rings. The van der Waals surface area contributed by atoms with Crippen molar-refractivity contribution in [2.45, 2.75) is 5.16 Å². The van der Waals surface area contributed by atoms with Crippen LogP contribution < -0.4 is 5.32 Å². The summed E-state index contributed by atoms with van der Waals surface area (Å²) in [5.41, 5.74) is 0.612. The molecular weight excluding hydrogens is 468 g/mol. The molecule has 2 heterocycles. The van der Waals surface area contributed by atoms with Gasteiger partial charge in [-0.05, 0) is 24.3 Å². The zero-order valence-electron chi connectivity index (χ0n) is 14.2. The van der Waals surface area contributed by atoms with Crippen molar-refractivity contribution in [1.29, 1.82) is 5.26 Å². The van der Waals surface area contributed by atoms with E-state index in [-0.39, 0.29) is 15.9 Å². The van der Waals surface area contributed by atoms with Gasteiger partial charge in [0.1, 0.15) is 23.2 Å². The Balaban J connectivity index is 1.78. The molecule has 0 aliphatic rings. The molecule has 142 valence electrons. The van der Waals surface area contributed by atoms with Crippen LogP contribution in [0, 0.1) is 11.3 Å². The summed E-state index contributed by atoms with van der Waals surface area (Å²) < 4.78 is 33.0. The summed E-state index contributed by atoms with van der Waals surface area (Å²) in [6.07, 6.45) is 2.25. The van der Waals surface area contributed by atoms with Gasteiger partial charge in [-0.1, -0.05) is 28.1 Å². The highest BCUT2D eigenvalue weighted by atomic mass is 79.9. The molecule has 8 nitrogen and oxygen atoms in total. The molecule has 3 aromatic rings. The molecule has 2 aromatic heterocycles. The van der Waals surface area contributed by atoms with Crippen LogP contribution in [0.25, 0.3) is 17.4 Å². The van der Waals surface area contributed by atoms with E-state index >= 15 is 0 Å². The normalized spacial score (nSPS) is 11.8. The molecule has 0 saturated heterocycles. The second-order valence-corrected chi connectivity index (χ2v) is 9.06. The van der Waals surface area contributed by atoms with Crippen molar-refractivity contribution in [2.75, 3.05) is 11.6 Å². The minimum atomic E-state index is -3.58. The van der Waals surface area contributed by atoms with Gasteiger partial charge in [-0.15, -0.1) is 0 Å². The number of nitrogens with zero attached hydrogens (tertiary/aromatic N) is 3. The SMILES string of the molecule is CS(=O)(=O)c1nsc(NC(=O)/C(C#N)=C\c2ccc(-c3ccc(Br)cc3)o2)n1. The van der Waals surface area contributed by atoms with Gasteiger partial charge >= 0.3 is 0 Å². The highest BCUT2D eigenvalue weighted by Crippen LogP contribution is 2.25. The zero-order chi connectivity index (χ0) is 20.3. The topological polar surface area (TPSA) is 126 Å². The monoisotopic (exact) mass is 478 g/mol. The number of hydrogen-bond acceptors (Lipinski definition) is 8. The number of sulfone groups is 1. The second-order valence-electron chi connectivity index (χ2n) is 5.49. The lowest BCUT2D eigenvalue weighted by Gasteiger charge is -1.99. The number of benzene rings is 1. The van der Waals surface area contributed by atoms with Crippen LogP contribution in [0.5, 0.6) is 0 Å². The maximum atomic E-state index is 12.3. The van der Waals surface area contributed by atoms with Gasteiger partial charge in [-0.25, -0.2) is 8.42 Å². The third kappa shape index (κ3) is 4.72. The number of amides is 1. The second kappa shape index (κ2) is 8.05. The largest absolute Gasteiger partial charge is 0.457 e. The van der Waals surface area contributed by atoms with Crippen LogP contribution in [-0.4, -0.2) is 29.9 Å². The van der Waals surface area contributed by atoms with Gasteiger partial charge in [-0.3, -0.25) is 10.1 Å². The number of furan rings is 1. The lowest BCUT2D eigenvalue weighted by Crippen LogP contribution is -2.13. The van der Waals surface area contributed by atoms with Crippen LogP contribution >= 0.6 is 27.5 Å². The van der Waals surface area contributed by atoms with E-state index in [1.54, 1.807) is 18.2 Å². The minimum Gasteiger partial charge on any atom is -0.457 e. The summed E-state index contributed by atoms with van der Waals surface area (Å²) in [4.78, 5) is 16.0. The van der Waals surface area contributed by atoms with Gasteiger partial charge in [0.2, 0.25) is 15.0 Å². The maximum absolute atomic E-state index is 12.3. The predicted molar refractivity (Wildman–Crippen MR) is 107 cm³/mol. The van der Waals surface area contributed by atoms with Crippen molar-refractivity contribution < 1.29 is 17.6 Å². The van der Waals surface area contributed by atoms with Gasteiger partial charge in [0, 0.05) is 33.9 Å². The van der Waals surface area contributed by atoms with E-state index < -0.39 is 15.7 Å². The minimum absolute atomic E-state index is 0.0263. The van der Waals surface area contributed by atoms with E-state index in [4.69, 9.17) is 4.42 Å². The molecule has 0 bridgehead atoms. The van der Waals surface area contributed by atoms with E-state index in [1.165, 1.54) is 6.08 Å². The zero-order valence-corrected chi connectivity index (χ0v) is 17.4. The van der Waals surface area contributed by atoms with Crippen LogP contribution in [0.3, 0.4) is 0 Å². The first-order valence-electron chi connectivity index (χ1n) is 7.59. The Morgan fingerprint density at radius 1 is 1.29 bits per heavy atom. The fourth-order valence-corrected chi connectivity index (χ4v) is 3.77. The summed E-state index contributed by atoms with van der Waals surface area (Å²) in [6, 6.07) is 12.6. The number of aromatic nitrogens is 2. The number of halogens is 1. The average Bonchev–Trinajstić information content (AvgIpc) is 3.29. The fourth-order valence-electron chi connectivity index (χ4n) is 2.07. The van der Waals surface area contributed by atoms with Gasteiger partial charge in [0.15, 0.2) is 0 Å². The van der Waals surface area contributed by atoms with Gasteiger partial charge < -0.3 is 4.42 Å². The summed E-state index contributed by atoms with van der Waals surface area (Å²) in [5, 5.41) is 11.2. The van der Waals surface area contributed by atoms with Gasteiger partial charge in [-0.2, -0.15) is 14.6 Å². The number of carbonyl (C=O) groups is 1. The lowest BCUT2D eigenvalue weighted by atomic mass is 10.2. The number of nitrogens with one attached hydrogen (secondary N) is 1. The first-order chi connectivity index (χ1) is 13.3. The third-order valence-corrected chi connectivity index (χ3v) is 5.49. The van der Waals surface area contributed by atoms with E-state index in [0.717, 1.165) is 16.3 Å². The lowest BCUT2D eigenvalue weighted by molar-refractivity contribution is -0.112. The molecule has 1 aromatic carbocycles. The summed E-state index contributed by atoms with van der Waals surface area (Å²) in [6.45, 7) is 0. The molecule has 0 saturated carbocycles. The van der Waals surface area contributed by atoms with Gasteiger partial charge in [0.05, 0.1) is 0 Å². The Morgan fingerprint density at radius 3 is 2.61 bits per heavy atom. The fraction of sp³-hybridized carbons (Fsp3) is 0.0588. The van der Waals surface area contributed by atoms with Crippen LogP contribution in [0.4, 0.5) is 5.13 Å². The average molecular weight is 479 g/mol. The maximum Gasteiger partial charge on any atom is 0.268 e. The van der Waals surface area contributed by atoms with Crippen LogP contribution in [-0.2, 0) is 14.6 Å². The molecule has 3 rings (SSSR count). The van der Waals surface area contributed by atoms with Crippen molar-refractivity contribution in [2.24, 2.45) is 0 Å². The predicted octanol–water partition coefficient (Wildman–Crippen LogP) is 3.51. The van der Waals surface area contributed by atoms with E-state index in [9.17, 15) is 18.5 Å². The molecule has 0 spiro atoms. The van der Waals surface area contributed by atoms with Crippen molar-refractivity contribution in [3.63, 3.8) is 0 Å². The number of anilines is 1. The van der Waals surface area contributed by atoms with Crippen molar-refractivity contribution in [3.8, 4) is 17.4 Å². The molecular formula is C17H11BrN4O4S2. The van der Waals surface area contributed by atoms with E-state index in [2.05, 4.69) is 30.6 Å². The van der Waals surface area contributed by atoms with Crippen LogP contribution in [0.1, 0.15) is 5.76 Å². The molecule has 0 unspecified atom stereocenters. The number of carbonyl (C=O) groups excluding carboxylic acids is 1. The Bertz CT molecular complexity index is 1200. The van der Waals surface area contributed by atoms with E-state index in [1.807, 2.05) is 24.3 Å². The Hall–Kier alpha value is -2.81. The molecule has 28 heavy (non-hydrogen) atoms. The van der Waals surface area contributed by atoms with E-state index in [0.29, 0.717) is 23.1 Å². The molecule has 0 atom stereocenters. The van der Waals surface area contributed by atoms with Crippen LogP contribution in [0.15, 0.2) is 56.0 Å².